The minimum absolute atomic E-state index is 0.0174. The molecule has 2 aromatic rings. The van der Waals surface area contributed by atoms with Crippen molar-refractivity contribution in [3.63, 3.8) is 0 Å². The zero-order valence-electron chi connectivity index (χ0n) is 27.3. The van der Waals surface area contributed by atoms with E-state index in [0.717, 1.165) is 12.8 Å². The number of ether oxygens (including phenoxy) is 3. The van der Waals surface area contributed by atoms with E-state index in [1.807, 2.05) is 0 Å². The van der Waals surface area contributed by atoms with Crippen molar-refractivity contribution >= 4 is 42.5 Å². The Labute approximate surface area is 267 Å². The van der Waals surface area contributed by atoms with Gasteiger partial charge in [-0.1, -0.05) is 27.7 Å². The van der Waals surface area contributed by atoms with Crippen LogP contribution in [0.25, 0.3) is 11.2 Å². The molecule has 7 N–H and O–H groups in total. The van der Waals surface area contributed by atoms with Crippen molar-refractivity contribution in [2.45, 2.75) is 103 Å². The Balaban J connectivity index is 1.61. The number of nitrogen functional groups attached to an aromatic ring is 1. The van der Waals surface area contributed by atoms with Gasteiger partial charge in [0.1, 0.15) is 29.9 Å². The summed E-state index contributed by atoms with van der Waals surface area (Å²) in [6.07, 6.45) is -0.594. The van der Waals surface area contributed by atoms with Gasteiger partial charge in [-0.25, -0.2) is 15.2 Å². The number of esters is 2. The van der Waals surface area contributed by atoms with Gasteiger partial charge in [0.05, 0.1) is 26.1 Å². The van der Waals surface area contributed by atoms with Crippen LogP contribution in [0.4, 0.5) is 11.8 Å². The smallest absolute Gasteiger partial charge is 0.342 e. The summed E-state index contributed by atoms with van der Waals surface area (Å²) < 4.78 is 38.2. The number of carbonyl (C=O) groups is 2. The Morgan fingerprint density at radius 1 is 1.11 bits per heavy atom. The van der Waals surface area contributed by atoms with Gasteiger partial charge in [-0.05, 0) is 45.4 Å². The second-order valence-electron chi connectivity index (χ2n) is 12.4. The number of anilines is 2. The van der Waals surface area contributed by atoms with Crippen LogP contribution in [0.5, 0.6) is 0 Å². The number of rotatable bonds is 16. The third-order valence-electron chi connectivity index (χ3n) is 7.82. The lowest BCUT2D eigenvalue weighted by atomic mass is 9.96. The standard InChI is InChI=1S/C28H47N8O9P/c1-8-42-24(38)18(14(3)4)34-46(41,35-19(15(5)6)25(39)43-9-2)44-12-17-21(37)28(7,40)26(45-17)36-13-30-20-22(31-16-10-11-16)32-27(29)33-23(20)36/h13-19,21,26,37,40H,8-12H2,1-7H3,(H2,34,35,41)(H3,29,31,32,33)/t17-,18?,19?,21?,26?,28+,46?/m1/s1. The highest BCUT2D eigenvalue weighted by atomic mass is 31.2. The minimum atomic E-state index is -4.29. The van der Waals surface area contributed by atoms with Crippen LogP contribution in [-0.2, 0) is 32.9 Å². The second kappa shape index (κ2) is 14.5. The van der Waals surface area contributed by atoms with E-state index in [1.165, 1.54) is 17.8 Å². The number of nitrogens with one attached hydrogen (secondary N) is 3. The molecule has 18 heteroatoms. The zero-order valence-corrected chi connectivity index (χ0v) is 28.2. The molecule has 3 heterocycles. The van der Waals surface area contributed by atoms with Crippen molar-refractivity contribution in [1.82, 2.24) is 29.7 Å². The molecule has 46 heavy (non-hydrogen) atoms. The van der Waals surface area contributed by atoms with Crippen molar-refractivity contribution in [2.75, 3.05) is 30.9 Å². The normalized spacial score (nSPS) is 25.8. The Morgan fingerprint density at radius 2 is 1.67 bits per heavy atom. The second-order valence-corrected chi connectivity index (χ2v) is 14.3. The summed E-state index contributed by atoms with van der Waals surface area (Å²) in [5, 5.41) is 31.4. The molecule has 0 aromatic carbocycles. The molecule has 1 aliphatic heterocycles. The van der Waals surface area contributed by atoms with Gasteiger partial charge in [-0.2, -0.15) is 9.97 Å². The number of aromatic nitrogens is 4. The van der Waals surface area contributed by atoms with Crippen LogP contribution in [0.15, 0.2) is 6.33 Å². The maximum absolute atomic E-state index is 14.4. The first-order valence-electron chi connectivity index (χ1n) is 15.6. The molecule has 2 aliphatic rings. The lowest BCUT2D eigenvalue weighted by Crippen LogP contribution is -2.49. The molecule has 4 unspecified atom stereocenters. The maximum Gasteiger partial charge on any atom is 0.342 e. The topological polar surface area (TPSA) is 234 Å². The van der Waals surface area contributed by atoms with Crippen molar-refractivity contribution in [2.24, 2.45) is 11.8 Å². The quantitative estimate of drug-likeness (QED) is 0.110. The fourth-order valence-electron chi connectivity index (χ4n) is 5.07. The van der Waals surface area contributed by atoms with E-state index >= 15 is 0 Å². The molecule has 4 rings (SSSR count). The van der Waals surface area contributed by atoms with Crippen molar-refractivity contribution in [1.29, 1.82) is 0 Å². The predicted molar refractivity (Wildman–Crippen MR) is 167 cm³/mol. The van der Waals surface area contributed by atoms with Gasteiger partial charge in [-0.3, -0.25) is 18.7 Å². The molecular formula is C28H47N8O9P. The van der Waals surface area contributed by atoms with Crippen molar-refractivity contribution in [3.05, 3.63) is 6.33 Å². The van der Waals surface area contributed by atoms with Crippen LogP contribution in [0.1, 0.15) is 67.5 Å². The van der Waals surface area contributed by atoms with Crippen LogP contribution in [0.2, 0.25) is 0 Å². The Bertz CT molecular complexity index is 1400. The molecule has 0 radical (unpaired) electrons. The predicted octanol–water partition coefficient (Wildman–Crippen LogP) is 1.47. The summed E-state index contributed by atoms with van der Waals surface area (Å²) in [6.45, 7) is 11.3. The van der Waals surface area contributed by atoms with Crippen molar-refractivity contribution in [3.8, 4) is 0 Å². The van der Waals surface area contributed by atoms with Gasteiger partial charge in [0, 0.05) is 6.04 Å². The van der Waals surface area contributed by atoms with Crippen LogP contribution in [-0.4, -0.2) is 97.4 Å². The molecule has 1 aliphatic carbocycles. The molecule has 2 aromatic heterocycles. The molecule has 0 spiro atoms. The fourth-order valence-corrected chi connectivity index (χ4v) is 7.19. The average molecular weight is 671 g/mol. The van der Waals surface area contributed by atoms with Crippen LogP contribution in [0.3, 0.4) is 0 Å². The van der Waals surface area contributed by atoms with E-state index in [4.69, 9.17) is 24.5 Å². The van der Waals surface area contributed by atoms with Crippen molar-refractivity contribution < 1.29 is 43.1 Å². The van der Waals surface area contributed by atoms with Crippen LogP contribution in [0, 0.1) is 11.8 Å². The van der Waals surface area contributed by atoms with Gasteiger partial charge < -0.3 is 40.0 Å². The van der Waals surface area contributed by atoms with Gasteiger partial charge in [0.25, 0.3) is 0 Å². The summed E-state index contributed by atoms with van der Waals surface area (Å²) in [6, 6.07) is -1.91. The minimum Gasteiger partial charge on any atom is -0.465 e. The molecule has 258 valence electrons. The summed E-state index contributed by atoms with van der Waals surface area (Å²) in [7, 11) is -4.29. The van der Waals surface area contributed by atoms with Crippen LogP contribution >= 0.6 is 7.67 Å². The molecule has 0 bridgehead atoms. The third kappa shape index (κ3) is 7.95. The number of fused-ring (bicyclic) bond motifs is 1. The van der Waals surface area contributed by atoms with E-state index in [-0.39, 0.29) is 42.7 Å². The number of hydrogen-bond acceptors (Lipinski definition) is 14. The number of imidazole rings is 1. The Hall–Kier alpha value is -2.92. The molecule has 17 nitrogen and oxygen atoms in total. The highest BCUT2D eigenvalue weighted by molar-refractivity contribution is 7.54. The van der Waals surface area contributed by atoms with Crippen LogP contribution < -0.4 is 21.2 Å². The molecule has 2 fully saturated rings. The molecule has 0 amide bonds. The first-order valence-corrected chi connectivity index (χ1v) is 17.2. The van der Waals surface area contributed by atoms with E-state index in [2.05, 4.69) is 30.4 Å². The Morgan fingerprint density at radius 3 is 2.17 bits per heavy atom. The number of nitrogens with zero attached hydrogens (tertiary/aromatic N) is 4. The van der Waals surface area contributed by atoms with E-state index in [1.54, 1.807) is 41.5 Å². The van der Waals surface area contributed by atoms with Gasteiger partial charge in [0.2, 0.25) is 5.95 Å². The lowest BCUT2D eigenvalue weighted by molar-refractivity contribution is -0.146. The highest BCUT2D eigenvalue weighted by Gasteiger charge is 2.54. The fraction of sp³-hybridized carbons (Fsp3) is 0.750. The Kier molecular flexibility index (Phi) is 11.3. The summed E-state index contributed by atoms with van der Waals surface area (Å²) >= 11 is 0. The molecule has 1 saturated heterocycles. The van der Waals surface area contributed by atoms with E-state index < -0.39 is 62.3 Å². The summed E-state index contributed by atoms with van der Waals surface area (Å²) in [5.41, 5.74) is 4.76. The number of nitrogens with two attached hydrogens (primary N) is 1. The number of aliphatic hydroxyl groups is 2. The molecular weight excluding hydrogens is 623 g/mol. The summed E-state index contributed by atoms with van der Waals surface area (Å²) in [4.78, 5) is 38.6. The van der Waals surface area contributed by atoms with Gasteiger partial charge in [0.15, 0.2) is 23.2 Å². The van der Waals surface area contributed by atoms with E-state index in [9.17, 15) is 24.4 Å². The number of carbonyl (C=O) groups excluding carboxylic acids is 2. The highest BCUT2D eigenvalue weighted by Crippen LogP contribution is 2.45. The first-order chi connectivity index (χ1) is 21.6. The zero-order chi connectivity index (χ0) is 34.0. The number of aliphatic hydroxyl groups excluding tert-OH is 1. The molecule has 1 saturated carbocycles. The third-order valence-corrected chi connectivity index (χ3v) is 9.57. The number of hydrogen-bond donors (Lipinski definition) is 6. The van der Waals surface area contributed by atoms with Gasteiger partial charge >= 0.3 is 19.6 Å². The largest absolute Gasteiger partial charge is 0.465 e. The lowest BCUT2D eigenvalue weighted by Gasteiger charge is -2.31. The molecule has 6 atom stereocenters. The summed E-state index contributed by atoms with van der Waals surface area (Å²) in [5.74, 6) is -1.67. The van der Waals surface area contributed by atoms with Gasteiger partial charge in [-0.15, -0.1) is 0 Å². The first kappa shape index (κ1) is 35.9. The SMILES string of the molecule is CCOC(=O)C(NP(=O)(NC(C(=O)OCC)C(C)C)OC[C@H]1OC(n2cnc3c(NC4CC4)nc(N)nc32)[C@@](C)(O)C1O)C(C)C. The van der Waals surface area contributed by atoms with E-state index in [0.29, 0.717) is 11.3 Å². The monoisotopic (exact) mass is 670 g/mol. The maximum atomic E-state index is 14.4. The average Bonchev–Trinajstić information content (AvgIpc) is 3.65.